The van der Waals surface area contributed by atoms with Crippen molar-refractivity contribution in [3.8, 4) is 5.75 Å². The minimum Gasteiger partial charge on any atom is -0.492 e. The molecule has 1 aromatic carbocycles. The number of hydrogen-bond acceptors (Lipinski definition) is 3. The van der Waals surface area contributed by atoms with Crippen molar-refractivity contribution in [3.63, 3.8) is 0 Å². The second-order valence-electron chi connectivity index (χ2n) is 4.71. The lowest BCUT2D eigenvalue weighted by molar-refractivity contribution is 0.0823. The molecule has 1 aliphatic rings. The summed E-state index contributed by atoms with van der Waals surface area (Å²) in [6, 6.07) is 5.17. The zero-order valence-electron chi connectivity index (χ0n) is 10.3. The predicted octanol–water partition coefficient (Wildman–Crippen LogP) is 1.76. The molecule has 0 atom stereocenters. The Labute approximate surface area is 101 Å². The fourth-order valence-corrected chi connectivity index (χ4v) is 1.57. The van der Waals surface area contributed by atoms with E-state index in [9.17, 15) is 4.79 Å². The third kappa shape index (κ3) is 2.90. The number of nitrogens with two attached hydrogens (primary N) is 1. The van der Waals surface area contributed by atoms with Crippen LogP contribution in [0.3, 0.4) is 0 Å². The topological polar surface area (TPSA) is 55.6 Å². The molecule has 4 heteroatoms. The molecule has 0 unspecified atom stereocenters. The molecule has 17 heavy (non-hydrogen) atoms. The molecule has 0 aromatic heterocycles. The van der Waals surface area contributed by atoms with Gasteiger partial charge in [0.1, 0.15) is 5.75 Å². The molecule has 0 radical (unpaired) electrons. The number of nitrogens with zero attached hydrogens (tertiary/aromatic N) is 1. The van der Waals surface area contributed by atoms with Gasteiger partial charge in [-0.2, -0.15) is 0 Å². The van der Waals surface area contributed by atoms with Crippen LogP contribution in [0, 0.1) is 5.92 Å². The molecule has 0 spiro atoms. The lowest BCUT2D eigenvalue weighted by atomic mass is 10.1. The van der Waals surface area contributed by atoms with Crippen LogP contribution in [-0.4, -0.2) is 31.5 Å². The summed E-state index contributed by atoms with van der Waals surface area (Å²) in [5, 5.41) is 0. The quantitative estimate of drug-likeness (QED) is 0.808. The van der Waals surface area contributed by atoms with Crippen molar-refractivity contribution < 1.29 is 9.53 Å². The first kappa shape index (κ1) is 11.8. The van der Waals surface area contributed by atoms with Crippen LogP contribution in [0.25, 0.3) is 0 Å². The van der Waals surface area contributed by atoms with Gasteiger partial charge in [0.15, 0.2) is 0 Å². The number of hydrogen-bond donors (Lipinski definition) is 1. The number of nitrogen functional groups attached to an aromatic ring is 1. The molecule has 1 aromatic rings. The van der Waals surface area contributed by atoms with Crippen molar-refractivity contribution in [1.82, 2.24) is 4.90 Å². The molecule has 0 bridgehead atoms. The molecule has 4 nitrogen and oxygen atoms in total. The van der Waals surface area contributed by atoms with Crippen LogP contribution >= 0.6 is 0 Å². The minimum absolute atomic E-state index is 0.0594. The van der Waals surface area contributed by atoms with Gasteiger partial charge in [0, 0.05) is 25.8 Å². The molecule has 1 fully saturated rings. The van der Waals surface area contributed by atoms with E-state index in [0.717, 1.165) is 0 Å². The van der Waals surface area contributed by atoms with Crippen molar-refractivity contribution >= 4 is 11.6 Å². The normalized spacial score (nSPS) is 14.5. The Balaban J connectivity index is 2.19. The van der Waals surface area contributed by atoms with Gasteiger partial charge in [0.2, 0.25) is 0 Å². The van der Waals surface area contributed by atoms with Gasteiger partial charge in [0.25, 0.3) is 5.91 Å². The third-order valence-electron chi connectivity index (χ3n) is 2.81. The lowest BCUT2D eigenvalue weighted by Crippen LogP contribution is -2.22. The maximum atomic E-state index is 11.9. The number of rotatable bonds is 4. The van der Waals surface area contributed by atoms with E-state index in [2.05, 4.69) is 0 Å². The Morgan fingerprint density at radius 1 is 1.47 bits per heavy atom. The Kier molecular flexibility index (Phi) is 3.22. The minimum atomic E-state index is -0.0594. The monoisotopic (exact) mass is 234 g/mol. The van der Waals surface area contributed by atoms with Gasteiger partial charge < -0.3 is 15.4 Å². The highest BCUT2D eigenvalue weighted by Gasteiger charge is 2.23. The first-order chi connectivity index (χ1) is 8.08. The Morgan fingerprint density at radius 2 is 2.18 bits per heavy atom. The maximum absolute atomic E-state index is 11.9. The van der Waals surface area contributed by atoms with Crippen molar-refractivity contribution in [2.45, 2.75) is 12.8 Å². The summed E-state index contributed by atoms with van der Waals surface area (Å²) in [4.78, 5) is 13.5. The molecule has 92 valence electrons. The van der Waals surface area contributed by atoms with Crippen LogP contribution in [0.15, 0.2) is 18.2 Å². The average molecular weight is 234 g/mol. The van der Waals surface area contributed by atoms with Gasteiger partial charge in [0.05, 0.1) is 12.2 Å². The molecule has 2 N–H and O–H groups in total. The highest BCUT2D eigenvalue weighted by Crippen LogP contribution is 2.31. The predicted molar refractivity (Wildman–Crippen MR) is 67.1 cm³/mol. The molecule has 0 saturated heterocycles. The maximum Gasteiger partial charge on any atom is 0.257 e. The van der Waals surface area contributed by atoms with Crippen LogP contribution in [0.5, 0.6) is 5.75 Å². The summed E-state index contributed by atoms with van der Waals surface area (Å²) in [5.41, 5.74) is 6.91. The van der Waals surface area contributed by atoms with E-state index in [1.54, 1.807) is 32.3 Å². The summed E-state index contributed by atoms with van der Waals surface area (Å²) >= 11 is 0. The molecular weight excluding hydrogens is 216 g/mol. The van der Waals surface area contributed by atoms with E-state index in [-0.39, 0.29) is 5.91 Å². The van der Waals surface area contributed by atoms with Crippen LogP contribution in [0.4, 0.5) is 5.69 Å². The van der Waals surface area contributed by atoms with Crippen LogP contribution in [0.2, 0.25) is 0 Å². The van der Waals surface area contributed by atoms with Gasteiger partial charge >= 0.3 is 0 Å². The summed E-state index contributed by atoms with van der Waals surface area (Å²) in [5.74, 6) is 1.19. The van der Waals surface area contributed by atoms with Crippen molar-refractivity contribution in [3.05, 3.63) is 23.8 Å². The van der Waals surface area contributed by atoms with E-state index in [4.69, 9.17) is 10.5 Å². The number of carbonyl (C=O) groups is 1. The Morgan fingerprint density at radius 3 is 2.76 bits per heavy atom. The highest BCUT2D eigenvalue weighted by atomic mass is 16.5. The van der Waals surface area contributed by atoms with E-state index in [1.807, 2.05) is 0 Å². The number of amides is 1. The largest absolute Gasteiger partial charge is 0.492 e. The molecule has 1 amide bonds. The molecule has 0 heterocycles. The smallest absolute Gasteiger partial charge is 0.257 e. The Hall–Kier alpha value is -1.71. The molecule has 1 aliphatic carbocycles. The van der Waals surface area contributed by atoms with Crippen LogP contribution < -0.4 is 10.5 Å². The van der Waals surface area contributed by atoms with Gasteiger partial charge in [-0.1, -0.05) is 0 Å². The number of ether oxygens (including phenoxy) is 1. The van der Waals surface area contributed by atoms with Crippen molar-refractivity contribution in [2.75, 3.05) is 26.4 Å². The van der Waals surface area contributed by atoms with Gasteiger partial charge in [-0.05, 0) is 30.9 Å². The van der Waals surface area contributed by atoms with Crippen molar-refractivity contribution in [1.29, 1.82) is 0 Å². The van der Waals surface area contributed by atoms with Gasteiger partial charge in [-0.25, -0.2) is 0 Å². The number of carbonyl (C=O) groups excluding carboxylic acids is 1. The van der Waals surface area contributed by atoms with Crippen LogP contribution in [0.1, 0.15) is 23.2 Å². The molecule has 2 rings (SSSR count). The second-order valence-corrected chi connectivity index (χ2v) is 4.71. The lowest BCUT2D eigenvalue weighted by Gasteiger charge is -2.15. The van der Waals surface area contributed by atoms with E-state index >= 15 is 0 Å². The fourth-order valence-electron chi connectivity index (χ4n) is 1.57. The average Bonchev–Trinajstić information content (AvgIpc) is 3.09. The first-order valence-electron chi connectivity index (χ1n) is 5.82. The van der Waals surface area contributed by atoms with Crippen LogP contribution in [-0.2, 0) is 0 Å². The first-order valence-corrected chi connectivity index (χ1v) is 5.82. The summed E-state index contributed by atoms with van der Waals surface area (Å²) in [6.45, 7) is 0.678. The second kappa shape index (κ2) is 4.65. The van der Waals surface area contributed by atoms with Gasteiger partial charge in [-0.15, -0.1) is 0 Å². The Bertz CT molecular complexity index is 425. The van der Waals surface area contributed by atoms with E-state index < -0.39 is 0 Å². The molecule has 1 saturated carbocycles. The molecular formula is C13H18N2O2. The van der Waals surface area contributed by atoms with Gasteiger partial charge in [-0.3, -0.25) is 4.79 Å². The number of benzene rings is 1. The van der Waals surface area contributed by atoms with Crippen molar-refractivity contribution in [2.24, 2.45) is 5.92 Å². The SMILES string of the molecule is CN(C)C(=O)c1ccc(N)cc1OCC1CC1. The zero-order valence-corrected chi connectivity index (χ0v) is 10.3. The third-order valence-corrected chi connectivity index (χ3v) is 2.81. The summed E-state index contributed by atoms with van der Waals surface area (Å²) < 4.78 is 5.69. The summed E-state index contributed by atoms with van der Waals surface area (Å²) in [7, 11) is 3.45. The zero-order chi connectivity index (χ0) is 12.4. The highest BCUT2D eigenvalue weighted by molar-refractivity contribution is 5.97. The number of anilines is 1. The summed E-state index contributed by atoms with van der Waals surface area (Å²) in [6.07, 6.45) is 2.44. The fraction of sp³-hybridized carbons (Fsp3) is 0.462. The standard InChI is InChI=1S/C13H18N2O2/c1-15(2)13(16)11-6-5-10(14)7-12(11)17-8-9-3-4-9/h5-7,9H,3-4,8,14H2,1-2H3. The molecule has 0 aliphatic heterocycles. The van der Waals surface area contributed by atoms with E-state index in [1.165, 1.54) is 17.7 Å². The van der Waals surface area contributed by atoms with E-state index in [0.29, 0.717) is 29.5 Å².